The van der Waals surface area contributed by atoms with Crippen LogP contribution in [0.5, 0.6) is 0 Å². The number of carbonyl (C=O) groups is 1. The lowest BCUT2D eigenvalue weighted by atomic mass is 9.83. The van der Waals surface area contributed by atoms with Gasteiger partial charge in [0.15, 0.2) is 5.78 Å². The summed E-state index contributed by atoms with van der Waals surface area (Å²) in [7, 11) is 0. The number of alkyl halides is 3. The second kappa shape index (κ2) is 5.44. The predicted molar refractivity (Wildman–Crippen MR) is 72.5 cm³/mol. The van der Waals surface area contributed by atoms with E-state index in [4.69, 9.17) is 11.6 Å². The summed E-state index contributed by atoms with van der Waals surface area (Å²) in [6, 6.07) is 0. The molecule has 1 aromatic heterocycles. The van der Waals surface area contributed by atoms with Crippen molar-refractivity contribution in [3.63, 3.8) is 0 Å². The van der Waals surface area contributed by atoms with Gasteiger partial charge in [-0.15, -0.1) is 0 Å². The predicted octanol–water partition coefficient (Wildman–Crippen LogP) is 3.18. The fraction of sp³-hybridized carbons (Fsp3) is 0.615. The second-order valence-corrected chi connectivity index (χ2v) is 5.57. The zero-order valence-corrected chi connectivity index (χ0v) is 12.4. The van der Waals surface area contributed by atoms with Crippen LogP contribution in [0.15, 0.2) is 6.20 Å². The summed E-state index contributed by atoms with van der Waals surface area (Å²) in [5.41, 5.74) is -0.492. The molecule has 0 bridgehead atoms. The minimum atomic E-state index is -4.30. The van der Waals surface area contributed by atoms with Crippen LogP contribution in [0.3, 0.4) is 0 Å². The molecule has 2 heterocycles. The molecular weight excluding hydrogens is 307 g/mol. The maximum atomic E-state index is 12.5. The molecule has 0 fully saturated rings. The Bertz CT molecular complexity index is 564. The SMILES string of the molecule is CCC1(C)C(=O)Cc2cnc(Cl)nc2N1CCC(F)(F)F. The normalized spacial score (nSPS) is 22.4. The van der Waals surface area contributed by atoms with E-state index < -0.39 is 18.1 Å². The summed E-state index contributed by atoms with van der Waals surface area (Å²) in [6.45, 7) is 3.08. The van der Waals surface area contributed by atoms with Crippen LogP contribution in [0.25, 0.3) is 0 Å². The number of nitrogens with zero attached hydrogens (tertiary/aromatic N) is 3. The topological polar surface area (TPSA) is 46.1 Å². The van der Waals surface area contributed by atoms with E-state index in [2.05, 4.69) is 9.97 Å². The van der Waals surface area contributed by atoms with Crippen LogP contribution in [-0.4, -0.2) is 34.0 Å². The molecule has 1 unspecified atom stereocenters. The molecule has 4 nitrogen and oxygen atoms in total. The smallest absolute Gasteiger partial charge is 0.343 e. The average molecular weight is 322 g/mol. The molecule has 0 aliphatic carbocycles. The average Bonchev–Trinajstić information content (AvgIpc) is 2.39. The van der Waals surface area contributed by atoms with Crippen molar-refractivity contribution in [2.24, 2.45) is 0 Å². The molecule has 0 amide bonds. The summed E-state index contributed by atoms with van der Waals surface area (Å²) in [6.07, 6.45) is -3.41. The molecule has 1 aliphatic rings. The lowest BCUT2D eigenvalue weighted by Gasteiger charge is -2.44. The van der Waals surface area contributed by atoms with Gasteiger partial charge in [0, 0.05) is 24.7 Å². The quantitative estimate of drug-likeness (QED) is 0.802. The summed E-state index contributed by atoms with van der Waals surface area (Å²) in [5, 5.41) is -0.0430. The number of ketones is 1. The van der Waals surface area contributed by atoms with Gasteiger partial charge in [-0.05, 0) is 24.9 Å². The molecule has 21 heavy (non-hydrogen) atoms. The van der Waals surface area contributed by atoms with Crippen molar-refractivity contribution in [3.05, 3.63) is 17.0 Å². The minimum Gasteiger partial charge on any atom is -0.343 e. The van der Waals surface area contributed by atoms with Crippen molar-refractivity contribution in [1.82, 2.24) is 9.97 Å². The zero-order valence-electron chi connectivity index (χ0n) is 11.7. The highest BCUT2D eigenvalue weighted by Crippen LogP contribution is 2.36. The molecule has 8 heteroatoms. The number of fused-ring (bicyclic) bond motifs is 1. The third-order valence-corrected chi connectivity index (χ3v) is 4.10. The van der Waals surface area contributed by atoms with Gasteiger partial charge in [0.1, 0.15) is 5.82 Å². The number of anilines is 1. The maximum absolute atomic E-state index is 12.5. The van der Waals surface area contributed by atoms with Gasteiger partial charge in [-0.3, -0.25) is 4.79 Å². The van der Waals surface area contributed by atoms with Crippen LogP contribution in [0.1, 0.15) is 32.3 Å². The Kier molecular flexibility index (Phi) is 4.15. The van der Waals surface area contributed by atoms with E-state index in [1.54, 1.807) is 13.8 Å². The van der Waals surface area contributed by atoms with E-state index in [-0.39, 0.29) is 24.0 Å². The molecule has 116 valence electrons. The molecule has 1 aromatic rings. The first-order chi connectivity index (χ1) is 9.67. The lowest BCUT2D eigenvalue weighted by Crippen LogP contribution is -2.57. The fourth-order valence-electron chi connectivity index (χ4n) is 2.46. The van der Waals surface area contributed by atoms with Gasteiger partial charge in [-0.2, -0.15) is 13.2 Å². The molecule has 2 rings (SSSR count). The van der Waals surface area contributed by atoms with Crippen molar-refractivity contribution in [3.8, 4) is 0 Å². The van der Waals surface area contributed by atoms with E-state index >= 15 is 0 Å². The summed E-state index contributed by atoms with van der Waals surface area (Å²) < 4.78 is 37.6. The molecule has 0 radical (unpaired) electrons. The Morgan fingerprint density at radius 3 is 2.71 bits per heavy atom. The van der Waals surface area contributed by atoms with E-state index in [1.165, 1.54) is 11.1 Å². The summed E-state index contributed by atoms with van der Waals surface area (Å²) in [5.74, 6) is 0.189. The van der Waals surface area contributed by atoms with Crippen molar-refractivity contribution >= 4 is 23.2 Å². The molecule has 0 spiro atoms. The largest absolute Gasteiger partial charge is 0.390 e. The fourth-order valence-corrected chi connectivity index (χ4v) is 2.59. The number of carbonyl (C=O) groups excluding carboxylic acids is 1. The third kappa shape index (κ3) is 3.12. The van der Waals surface area contributed by atoms with Gasteiger partial charge >= 0.3 is 6.18 Å². The lowest BCUT2D eigenvalue weighted by molar-refractivity contribution is -0.134. The van der Waals surface area contributed by atoms with Crippen LogP contribution in [0, 0.1) is 0 Å². The molecule has 0 N–H and O–H groups in total. The molecule has 0 saturated heterocycles. The second-order valence-electron chi connectivity index (χ2n) is 5.23. The Labute approximate surface area is 125 Å². The van der Waals surface area contributed by atoms with Gasteiger partial charge < -0.3 is 4.90 Å². The number of rotatable bonds is 3. The molecule has 0 aromatic carbocycles. The monoisotopic (exact) mass is 321 g/mol. The molecule has 1 aliphatic heterocycles. The highest BCUT2D eigenvalue weighted by Gasteiger charge is 2.44. The van der Waals surface area contributed by atoms with Crippen LogP contribution < -0.4 is 4.90 Å². The van der Waals surface area contributed by atoms with Crippen LogP contribution >= 0.6 is 11.6 Å². The molecule has 0 saturated carbocycles. The number of hydrogen-bond acceptors (Lipinski definition) is 4. The highest BCUT2D eigenvalue weighted by molar-refractivity contribution is 6.28. The number of aromatic nitrogens is 2. The van der Waals surface area contributed by atoms with E-state index in [1.807, 2.05) is 0 Å². The van der Waals surface area contributed by atoms with Crippen molar-refractivity contribution in [1.29, 1.82) is 0 Å². The van der Waals surface area contributed by atoms with Gasteiger partial charge in [-0.25, -0.2) is 9.97 Å². The minimum absolute atomic E-state index is 0.0430. The Morgan fingerprint density at radius 2 is 2.14 bits per heavy atom. The third-order valence-electron chi connectivity index (χ3n) is 3.92. The van der Waals surface area contributed by atoms with Crippen LogP contribution in [0.2, 0.25) is 5.28 Å². The van der Waals surface area contributed by atoms with E-state index in [0.29, 0.717) is 17.8 Å². The van der Waals surface area contributed by atoms with E-state index in [9.17, 15) is 18.0 Å². The van der Waals surface area contributed by atoms with Crippen LogP contribution in [0.4, 0.5) is 19.0 Å². The first-order valence-electron chi connectivity index (χ1n) is 6.56. The maximum Gasteiger partial charge on any atom is 0.390 e. The number of Topliss-reactive ketones (excluding diaryl/α,β-unsaturated/α-hetero) is 1. The summed E-state index contributed by atoms with van der Waals surface area (Å²) in [4.78, 5) is 21.6. The standard InChI is InChI=1S/C13H15ClF3N3O/c1-3-12(2)9(21)6-8-7-18-11(14)19-10(8)20(12)5-4-13(15,16)17/h7H,3-6H2,1-2H3. The number of hydrogen-bond donors (Lipinski definition) is 0. The van der Waals surface area contributed by atoms with Crippen LogP contribution in [-0.2, 0) is 11.2 Å². The highest BCUT2D eigenvalue weighted by atomic mass is 35.5. The number of halogens is 4. The Balaban J connectivity index is 2.44. The van der Waals surface area contributed by atoms with E-state index in [0.717, 1.165) is 0 Å². The molecular formula is C13H15ClF3N3O. The first-order valence-corrected chi connectivity index (χ1v) is 6.94. The Morgan fingerprint density at radius 1 is 1.48 bits per heavy atom. The first kappa shape index (κ1) is 16.0. The zero-order chi connectivity index (χ0) is 15.8. The van der Waals surface area contributed by atoms with Crippen molar-refractivity contribution in [2.45, 2.75) is 44.8 Å². The van der Waals surface area contributed by atoms with Gasteiger partial charge in [0.25, 0.3) is 0 Å². The molecule has 1 atom stereocenters. The van der Waals surface area contributed by atoms with Crippen molar-refractivity contribution < 1.29 is 18.0 Å². The van der Waals surface area contributed by atoms with Gasteiger partial charge in [-0.1, -0.05) is 6.92 Å². The van der Waals surface area contributed by atoms with Gasteiger partial charge in [0.05, 0.1) is 12.0 Å². The van der Waals surface area contributed by atoms with Gasteiger partial charge in [0.2, 0.25) is 5.28 Å². The van der Waals surface area contributed by atoms with Crippen molar-refractivity contribution in [2.75, 3.05) is 11.4 Å². The Hall–Kier alpha value is -1.37. The summed E-state index contributed by atoms with van der Waals surface area (Å²) >= 11 is 5.75.